The number of morpholine rings is 1. The van der Waals surface area contributed by atoms with Gasteiger partial charge in [-0.3, -0.25) is 0 Å². The summed E-state index contributed by atoms with van der Waals surface area (Å²) in [5.74, 6) is 1.04. The van der Waals surface area contributed by atoms with Gasteiger partial charge in [-0.1, -0.05) is 19.9 Å². The van der Waals surface area contributed by atoms with Crippen LogP contribution in [0.1, 0.15) is 50.8 Å². The van der Waals surface area contributed by atoms with Crippen LogP contribution in [0.3, 0.4) is 0 Å². The number of hydrogen-bond acceptors (Lipinski definition) is 5. The lowest BCUT2D eigenvalue weighted by Gasteiger charge is -2.36. The molecular formula is C24H29N5O2. The van der Waals surface area contributed by atoms with Gasteiger partial charge in [0.05, 0.1) is 25.5 Å². The summed E-state index contributed by atoms with van der Waals surface area (Å²) in [5.41, 5.74) is 6.43. The Balaban J connectivity index is 1.62. The monoisotopic (exact) mass is 419 g/mol. The Morgan fingerprint density at radius 1 is 1.26 bits per heavy atom. The number of aromatic nitrogens is 4. The fourth-order valence-corrected chi connectivity index (χ4v) is 4.44. The Hall–Kier alpha value is -2.90. The second-order valence-corrected chi connectivity index (χ2v) is 9.26. The normalized spacial score (nSPS) is 18.8. The zero-order valence-corrected chi connectivity index (χ0v) is 18.7. The van der Waals surface area contributed by atoms with Gasteiger partial charge in [0.25, 0.3) is 0 Å². The van der Waals surface area contributed by atoms with Crippen molar-refractivity contribution in [2.45, 2.75) is 45.3 Å². The van der Waals surface area contributed by atoms with Gasteiger partial charge in [0, 0.05) is 34.7 Å². The van der Waals surface area contributed by atoms with Crippen molar-refractivity contribution in [2.75, 3.05) is 20.3 Å². The first-order valence-corrected chi connectivity index (χ1v) is 10.8. The molecule has 1 unspecified atom stereocenters. The SMILES string of the molecule is COc1cc(-c2[nH]c3ccc(C4CNC(C)(C)CO4)cc3c2C(C)C)cn2ncnc12. The summed E-state index contributed by atoms with van der Waals surface area (Å²) in [4.78, 5) is 7.93. The van der Waals surface area contributed by atoms with Crippen LogP contribution in [-0.4, -0.2) is 45.4 Å². The minimum absolute atomic E-state index is 0.0179. The predicted molar refractivity (Wildman–Crippen MR) is 122 cm³/mol. The molecule has 1 fully saturated rings. The van der Waals surface area contributed by atoms with Gasteiger partial charge in [-0.05, 0) is 49.1 Å². The first kappa shape index (κ1) is 20.0. The summed E-state index contributed by atoms with van der Waals surface area (Å²) in [6.07, 6.45) is 3.60. The van der Waals surface area contributed by atoms with E-state index in [9.17, 15) is 0 Å². The van der Waals surface area contributed by atoms with Crippen molar-refractivity contribution in [3.05, 3.63) is 47.9 Å². The van der Waals surface area contributed by atoms with Crippen molar-refractivity contribution >= 4 is 16.6 Å². The van der Waals surface area contributed by atoms with Crippen molar-refractivity contribution in [3.8, 4) is 17.0 Å². The summed E-state index contributed by atoms with van der Waals surface area (Å²) >= 11 is 0. The number of benzene rings is 1. The van der Waals surface area contributed by atoms with Gasteiger partial charge >= 0.3 is 0 Å². The number of methoxy groups -OCH3 is 1. The molecule has 2 N–H and O–H groups in total. The number of rotatable bonds is 4. The lowest BCUT2D eigenvalue weighted by atomic mass is 9.94. The molecule has 31 heavy (non-hydrogen) atoms. The molecule has 0 aliphatic carbocycles. The molecule has 0 amide bonds. The minimum Gasteiger partial charge on any atom is -0.493 e. The van der Waals surface area contributed by atoms with E-state index in [0.29, 0.717) is 23.9 Å². The van der Waals surface area contributed by atoms with Crippen molar-refractivity contribution in [2.24, 2.45) is 0 Å². The molecule has 0 bridgehead atoms. The highest BCUT2D eigenvalue weighted by Gasteiger charge is 2.28. The maximum Gasteiger partial charge on any atom is 0.197 e. The average molecular weight is 420 g/mol. The van der Waals surface area contributed by atoms with Crippen molar-refractivity contribution in [1.29, 1.82) is 0 Å². The molecule has 4 aromatic rings. The van der Waals surface area contributed by atoms with Crippen molar-refractivity contribution < 1.29 is 9.47 Å². The summed E-state index contributed by atoms with van der Waals surface area (Å²) in [7, 11) is 1.66. The van der Waals surface area contributed by atoms with Gasteiger partial charge in [-0.2, -0.15) is 5.10 Å². The number of fused-ring (bicyclic) bond motifs is 2. The quantitative estimate of drug-likeness (QED) is 0.511. The smallest absolute Gasteiger partial charge is 0.197 e. The lowest BCUT2D eigenvalue weighted by Crippen LogP contribution is -2.50. The molecule has 1 aliphatic rings. The van der Waals surface area contributed by atoms with Gasteiger partial charge in [0.15, 0.2) is 11.4 Å². The fourth-order valence-electron chi connectivity index (χ4n) is 4.44. The second kappa shape index (κ2) is 7.35. The van der Waals surface area contributed by atoms with Crippen LogP contribution in [0.4, 0.5) is 0 Å². The molecular weight excluding hydrogens is 390 g/mol. The van der Waals surface area contributed by atoms with E-state index in [1.165, 1.54) is 16.5 Å². The number of pyridine rings is 1. The van der Waals surface area contributed by atoms with Crippen LogP contribution < -0.4 is 10.1 Å². The van der Waals surface area contributed by atoms with E-state index in [0.717, 1.165) is 23.3 Å². The molecule has 0 spiro atoms. The van der Waals surface area contributed by atoms with E-state index in [4.69, 9.17) is 9.47 Å². The maximum absolute atomic E-state index is 6.18. The van der Waals surface area contributed by atoms with Crippen LogP contribution in [0, 0.1) is 0 Å². The third kappa shape index (κ3) is 3.47. The molecule has 1 atom stereocenters. The van der Waals surface area contributed by atoms with Crippen molar-refractivity contribution in [3.63, 3.8) is 0 Å². The molecule has 3 aromatic heterocycles. The average Bonchev–Trinajstić information content (AvgIpc) is 3.36. The van der Waals surface area contributed by atoms with E-state index in [1.807, 2.05) is 12.3 Å². The van der Waals surface area contributed by atoms with Crippen LogP contribution in [0.2, 0.25) is 0 Å². The van der Waals surface area contributed by atoms with E-state index >= 15 is 0 Å². The highest BCUT2D eigenvalue weighted by molar-refractivity contribution is 5.92. The zero-order chi connectivity index (χ0) is 21.8. The Bertz CT molecular complexity index is 1240. The van der Waals surface area contributed by atoms with E-state index in [-0.39, 0.29) is 11.6 Å². The lowest BCUT2D eigenvalue weighted by molar-refractivity contribution is -0.0228. The number of nitrogens with one attached hydrogen (secondary N) is 2. The van der Waals surface area contributed by atoms with E-state index < -0.39 is 0 Å². The molecule has 162 valence electrons. The number of H-pyrrole nitrogens is 1. The van der Waals surface area contributed by atoms with Crippen LogP contribution in [0.15, 0.2) is 36.8 Å². The van der Waals surface area contributed by atoms with Gasteiger partial charge in [-0.25, -0.2) is 9.50 Å². The number of aromatic amines is 1. The Labute approximate surface area is 181 Å². The summed E-state index contributed by atoms with van der Waals surface area (Å²) in [5, 5.41) is 9.14. The highest BCUT2D eigenvalue weighted by Crippen LogP contribution is 2.38. The molecule has 0 radical (unpaired) electrons. The van der Waals surface area contributed by atoms with Crippen molar-refractivity contribution in [1.82, 2.24) is 24.9 Å². The van der Waals surface area contributed by atoms with Gasteiger partial charge < -0.3 is 19.8 Å². The first-order valence-electron chi connectivity index (χ1n) is 10.8. The molecule has 5 rings (SSSR count). The largest absolute Gasteiger partial charge is 0.493 e. The summed E-state index contributed by atoms with van der Waals surface area (Å²) < 4.78 is 13.5. The zero-order valence-electron chi connectivity index (χ0n) is 18.7. The molecule has 0 saturated carbocycles. The predicted octanol–water partition coefficient (Wildman–Crippen LogP) is 4.45. The van der Waals surface area contributed by atoms with Crippen LogP contribution >= 0.6 is 0 Å². The maximum atomic E-state index is 6.18. The van der Waals surface area contributed by atoms with Gasteiger partial charge in [0.1, 0.15) is 6.33 Å². The van der Waals surface area contributed by atoms with E-state index in [2.05, 4.69) is 66.3 Å². The van der Waals surface area contributed by atoms with Crippen LogP contribution in [0.25, 0.3) is 27.8 Å². The summed E-state index contributed by atoms with van der Waals surface area (Å²) in [6.45, 7) is 10.3. The van der Waals surface area contributed by atoms with E-state index in [1.54, 1.807) is 18.0 Å². The molecule has 1 saturated heterocycles. The Kier molecular flexibility index (Phi) is 4.75. The Morgan fingerprint density at radius 3 is 2.81 bits per heavy atom. The molecule has 1 aliphatic heterocycles. The van der Waals surface area contributed by atoms with Crippen LogP contribution in [0.5, 0.6) is 5.75 Å². The highest BCUT2D eigenvalue weighted by atomic mass is 16.5. The number of nitrogens with zero attached hydrogens (tertiary/aromatic N) is 3. The third-order valence-corrected chi connectivity index (χ3v) is 6.07. The first-order chi connectivity index (χ1) is 14.9. The molecule has 7 nitrogen and oxygen atoms in total. The standard InChI is InChI=1S/C24H29N5O2/c1-14(2)21-17-8-15(20-10-26-24(3,4)12-31-20)6-7-18(17)28-22(21)16-9-19(30-5)23-25-13-27-29(23)11-16/h6-9,11,13-14,20,26,28H,10,12H2,1-5H3. The summed E-state index contributed by atoms with van der Waals surface area (Å²) in [6, 6.07) is 8.63. The second-order valence-electron chi connectivity index (χ2n) is 9.26. The number of hydrogen-bond donors (Lipinski definition) is 2. The van der Waals surface area contributed by atoms with Gasteiger partial charge in [-0.15, -0.1) is 0 Å². The topological polar surface area (TPSA) is 76.5 Å². The minimum atomic E-state index is 0.0179. The van der Waals surface area contributed by atoms with Gasteiger partial charge in [0.2, 0.25) is 0 Å². The number of ether oxygens (including phenoxy) is 2. The molecule has 4 heterocycles. The molecule has 7 heteroatoms. The third-order valence-electron chi connectivity index (χ3n) is 6.07. The fraction of sp³-hybridized carbons (Fsp3) is 0.417. The van der Waals surface area contributed by atoms with Crippen LogP contribution in [-0.2, 0) is 4.74 Å². The Morgan fingerprint density at radius 2 is 2.10 bits per heavy atom. The molecule has 1 aromatic carbocycles.